The second-order valence-electron chi connectivity index (χ2n) is 6.11. The number of benzene rings is 3. The normalized spacial score (nSPS) is 11.3. The Hall–Kier alpha value is -2.16. The van der Waals surface area contributed by atoms with Gasteiger partial charge in [0.25, 0.3) is 5.91 Å². The first-order valence-corrected chi connectivity index (χ1v) is 11.1. The highest BCUT2D eigenvalue weighted by Gasteiger charge is 2.20. The molecule has 0 aliphatic rings. The third kappa shape index (κ3) is 5.11. The number of carbonyl (C=O) groups is 1. The maximum absolute atomic E-state index is 14.2. The summed E-state index contributed by atoms with van der Waals surface area (Å²) in [6, 6.07) is 14.2. The molecule has 0 fully saturated rings. The Morgan fingerprint density at radius 2 is 1.63 bits per heavy atom. The lowest BCUT2D eigenvalue weighted by molar-refractivity contribution is 0.102. The van der Waals surface area contributed by atoms with Crippen LogP contribution in [0.25, 0.3) is 0 Å². The minimum atomic E-state index is -4.04. The van der Waals surface area contributed by atoms with Crippen LogP contribution in [0.15, 0.2) is 65.6 Å². The molecule has 0 unspecified atom stereocenters. The molecule has 0 radical (unpaired) electrons. The van der Waals surface area contributed by atoms with E-state index < -0.39 is 27.3 Å². The predicted octanol–water partition coefficient (Wildman–Crippen LogP) is 5.52. The van der Waals surface area contributed by atoms with Crippen molar-refractivity contribution in [2.24, 2.45) is 0 Å². The van der Waals surface area contributed by atoms with Crippen LogP contribution in [0.1, 0.15) is 15.9 Å². The number of sulfonamides is 1. The summed E-state index contributed by atoms with van der Waals surface area (Å²) in [5.41, 5.74) is 0.267. The summed E-state index contributed by atoms with van der Waals surface area (Å²) in [7, 11) is -4.04. The van der Waals surface area contributed by atoms with Gasteiger partial charge in [0.05, 0.1) is 26.2 Å². The van der Waals surface area contributed by atoms with Crippen molar-refractivity contribution in [1.29, 1.82) is 0 Å². The molecule has 0 saturated carbocycles. The van der Waals surface area contributed by atoms with Crippen molar-refractivity contribution in [3.05, 3.63) is 92.7 Å². The van der Waals surface area contributed by atoms with Gasteiger partial charge in [-0.2, -0.15) is 0 Å². The van der Waals surface area contributed by atoms with Gasteiger partial charge in [-0.05, 0) is 42.0 Å². The summed E-state index contributed by atoms with van der Waals surface area (Å²) in [5, 5.41) is 3.11. The van der Waals surface area contributed by atoms with Gasteiger partial charge in [0.15, 0.2) is 0 Å². The highest BCUT2D eigenvalue weighted by molar-refractivity contribution is 7.89. The van der Waals surface area contributed by atoms with E-state index >= 15 is 0 Å². The van der Waals surface area contributed by atoms with Crippen molar-refractivity contribution in [2.75, 3.05) is 5.32 Å². The fourth-order valence-corrected chi connectivity index (χ4v) is 4.12. The molecule has 0 heterocycles. The molecular weight excluding hydrogens is 474 g/mol. The molecule has 0 aromatic heterocycles. The topological polar surface area (TPSA) is 75.3 Å². The Bertz CT molecular complexity index is 1220. The van der Waals surface area contributed by atoms with Gasteiger partial charge < -0.3 is 5.32 Å². The fraction of sp³-hybridized carbons (Fsp3) is 0.0500. The minimum absolute atomic E-state index is 0.0704. The van der Waals surface area contributed by atoms with Crippen molar-refractivity contribution < 1.29 is 17.6 Å². The molecule has 3 aromatic carbocycles. The molecule has 3 aromatic rings. The average molecular weight is 488 g/mol. The van der Waals surface area contributed by atoms with E-state index in [9.17, 15) is 17.6 Å². The standard InChI is InChI=1S/C20H14Cl3FN2O3S/c21-15-5-2-1-4-12(15)11-25-30(28,29)13-8-9-17(24)14(10-13)20(27)26-18-7-3-6-16(22)19(18)23/h1-10,25H,11H2,(H,26,27). The maximum atomic E-state index is 14.2. The van der Waals surface area contributed by atoms with E-state index in [-0.39, 0.29) is 27.2 Å². The smallest absolute Gasteiger partial charge is 0.258 e. The number of anilines is 1. The zero-order valence-corrected chi connectivity index (χ0v) is 18.2. The molecule has 0 bridgehead atoms. The van der Waals surface area contributed by atoms with Gasteiger partial charge in [-0.15, -0.1) is 0 Å². The van der Waals surface area contributed by atoms with Crippen LogP contribution in [0, 0.1) is 5.82 Å². The van der Waals surface area contributed by atoms with Crippen LogP contribution in [0.3, 0.4) is 0 Å². The number of hydrogen-bond donors (Lipinski definition) is 2. The van der Waals surface area contributed by atoms with Crippen LogP contribution in [0.4, 0.5) is 10.1 Å². The number of nitrogens with one attached hydrogen (secondary N) is 2. The summed E-state index contributed by atoms with van der Waals surface area (Å²) < 4.78 is 41.8. The molecule has 1 amide bonds. The summed E-state index contributed by atoms with van der Waals surface area (Å²) >= 11 is 18.0. The van der Waals surface area contributed by atoms with Crippen LogP contribution < -0.4 is 10.0 Å². The lowest BCUT2D eigenvalue weighted by Gasteiger charge is -2.11. The zero-order chi connectivity index (χ0) is 21.9. The van der Waals surface area contributed by atoms with Crippen molar-refractivity contribution in [3.8, 4) is 0 Å². The summed E-state index contributed by atoms with van der Waals surface area (Å²) in [5.74, 6) is -1.77. The first kappa shape index (κ1) is 22.5. The highest BCUT2D eigenvalue weighted by atomic mass is 35.5. The minimum Gasteiger partial charge on any atom is -0.320 e. The third-order valence-electron chi connectivity index (χ3n) is 4.10. The monoisotopic (exact) mass is 486 g/mol. The Morgan fingerprint density at radius 1 is 0.933 bits per heavy atom. The number of halogens is 4. The van der Waals surface area contributed by atoms with E-state index in [0.717, 1.165) is 18.2 Å². The predicted molar refractivity (Wildman–Crippen MR) is 116 cm³/mol. The third-order valence-corrected chi connectivity index (χ3v) is 6.69. The van der Waals surface area contributed by atoms with E-state index in [4.69, 9.17) is 34.8 Å². The van der Waals surface area contributed by atoms with Gasteiger partial charge in [-0.3, -0.25) is 4.79 Å². The van der Waals surface area contributed by atoms with Crippen LogP contribution in [0.2, 0.25) is 15.1 Å². The second kappa shape index (κ2) is 9.32. The highest BCUT2D eigenvalue weighted by Crippen LogP contribution is 2.30. The van der Waals surface area contributed by atoms with Gasteiger partial charge in [0.1, 0.15) is 5.82 Å². The molecular formula is C20H14Cl3FN2O3S. The number of amides is 1. The molecule has 10 heteroatoms. The zero-order valence-electron chi connectivity index (χ0n) is 15.1. The summed E-state index contributed by atoms with van der Waals surface area (Å²) in [6.07, 6.45) is 0. The quantitative estimate of drug-likeness (QED) is 0.481. The molecule has 156 valence electrons. The SMILES string of the molecule is O=C(Nc1cccc(Cl)c1Cl)c1cc(S(=O)(=O)NCc2ccccc2Cl)ccc1F. The van der Waals surface area contributed by atoms with Crippen LogP contribution in [-0.4, -0.2) is 14.3 Å². The molecule has 0 atom stereocenters. The van der Waals surface area contributed by atoms with E-state index in [1.807, 2.05) is 0 Å². The van der Waals surface area contributed by atoms with E-state index in [0.29, 0.717) is 10.6 Å². The van der Waals surface area contributed by atoms with Crippen molar-refractivity contribution in [2.45, 2.75) is 11.4 Å². The van der Waals surface area contributed by atoms with Crippen LogP contribution >= 0.6 is 34.8 Å². The molecule has 30 heavy (non-hydrogen) atoms. The molecule has 3 rings (SSSR count). The first-order chi connectivity index (χ1) is 14.2. The first-order valence-electron chi connectivity index (χ1n) is 8.47. The van der Waals surface area contributed by atoms with Crippen LogP contribution in [-0.2, 0) is 16.6 Å². The number of carbonyl (C=O) groups excluding carboxylic acids is 1. The van der Waals surface area contributed by atoms with Crippen molar-refractivity contribution >= 4 is 56.4 Å². The molecule has 0 saturated heterocycles. The Kier molecular flexibility index (Phi) is 7.00. The van der Waals surface area contributed by atoms with Gasteiger partial charge in [0.2, 0.25) is 10.0 Å². The Balaban J connectivity index is 1.84. The van der Waals surface area contributed by atoms with E-state index in [1.165, 1.54) is 12.1 Å². The average Bonchev–Trinajstić information content (AvgIpc) is 2.71. The summed E-state index contributed by atoms with van der Waals surface area (Å²) in [4.78, 5) is 12.2. The lowest BCUT2D eigenvalue weighted by atomic mass is 10.2. The second-order valence-corrected chi connectivity index (χ2v) is 9.07. The Labute approximate surface area is 187 Å². The van der Waals surface area contributed by atoms with E-state index in [2.05, 4.69) is 10.0 Å². The Morgan fingerprint density at radius 3 is 2.37 bits per heavy atom. The number of hydrogen-bond acceptors (Lipinski definition) is 3. The number of rotatable bonds is 6. The van der Waals surface area contributed by atoms with Crippen molar-refractivity contribution in [1.82, 2.24) is 4.72 Å². The van der Waals surface area contributed by atoms with Gasteiger partial charge in [-0.25, -0.2) is 17.5 Å². The molecule has 0 aliphatic heterocycles. The van der Waals surface area contributed by atoms with E-state index in [1.54, 1.807) is 30.3 Å². The fourth-order valence-electron chi connectivity index (χ4n) is 2.53. The summed E-state index contributed by atoms with van der Waals surface area (Å²) in [6.45, 7) is -0.0704. The molecule has 0 spiro atoms. The lowest BCUT2D eigenvalue weighted by Crippen LogP contribution is -2.24. The molecule has 5 nitrogen and oxygen atoms in total. The van der Waals surface area contributed by atoms with Crippen LogP contribution in [0.5, 0.6) is 0 Å². The van der Waals surface area contributed by atoms with Gasteiger partial charge >= 0.3 is 0 Å². The molecule has 2 N–H and O–H groups in total. The van der Waals surface area contributed by atoms with Gasteiger partial charge in [0, 0.05) is 11.6 Å². The van der Waals surface area contributed by atoms with Gasteiger partial charge in [-0.1, -0.05) is 59.1 Å². The maximum Gasteiger partial charge on any atom is 0.258 e. The largest absolute Gasteiger partial charge is 0.320 e. The van der Waals surface area contributed by atoms with Crippen molar-refractivity contribution in [3.63, 3.8) is 0 Å². The molecule has 0 aliphatic carbocycles.